The minimum atomic E-state index is -0.735. The first-order valence-electron chi connectivity index (χ1n) is 7.00. The van der Waals surface area contributed by atoms with Crippen molar-refractivity contribution in [3.8, 4) is 0 Å². The molecule has 1 heterocycles. The van der Waals surface area contributed by atoms with Crippen LogP contribution in [0.15, 0.2) is 28.7 Å². The van der Waals surface area contributed by atoms with E-state index in [9.17, 15) is 9.59 Å². The third-order valence-corrected chi connectivity index (χ3v) is 4.39. The summed E-state index contributed by atoms with van der Waals surface area (Å²) in [6, 6.07) is 7.19. The first-order chi connectivity index (χ1) is 9.97. The van der Waals surface area contributed by atoms with Crippen molar-refractivity contribution in [2.45, 2.75) is 25.8 Å². The van der Waals surface area contributed by atoms with Crippen molar-refractivity contribution in [1.29, 1.82) is 0 Å². The number of carbonyl (C=O) groups is 2. The summed E-state index contributed by atoms with van der Waals surface area (Å²) in [7, 11) is 0. The summed E-state index contributed by atoms with van der Waals surface area (Å²) in [5.74, 6) is -1.08. The van der Waals surface area contributed by atoms with E-state index in [0.717, 1.165) is 10.2 Å². The number of nitrogens with one attached hydrogen (secondary N) is 1. The van der Waals surface area contributed by atoms with Gasteiger partial charge < -0.3 is 10.4 Å². The molecule has 0 aromatic heterocycles. The minimum absolute atomic E-state index is 0.0677. The van der Waals surface area contributed by atoms with E-state index in [1.54, 1.807) is 0 Å². The van der Waals surface area contributed by atoms with E-state index in [1.165, 1.54) is 0 Å². The monoisotopic (exact) mass is 354 g/mol. The second-order valence-electron chi connectivity index (χ2n) is 5.32. The van der Waals surface area contributed by atoms with Crippen LogP contribution in [0.1, 0.15) is 19.8 Å². The predicted molar refractivity (Wildman–Crippen MR) is 84.2 cm³/mol. The molecule has 0 radical (unpaired) electrons. The number of anilines is 1. The molecule has 1 atom stereocenters. The van der Waals surface area contributed by atoms with Gasteiger partial charge in [-0.1, -0.05) is 22.0 Å². The number of halogens is 1. The summed E-state index contributed by atoms with van der Waals surface area (Å²) in [5.41, 5.74) is 0.752. The maximum Gasteiger partial charge on any atom is 0.306 e. The van der Waals surface area contributed by atoms with E-state index in [4.69, 9.17) is 5.11 Å². The number of carboxylic acids is 1. The van der Waals surface area contributed by atoms with Crippen molar-refractivity contribution >= 4 is 33.5 Å². The number of amides is 1. The normalized spacial score (nSPS) is 18.2. The van der Waals surface area contributed by atoms with Crippen LogP contribution < -0.4 is 5.32 Å². The van der Waals surface area contributed by atoms with Gasteiger partial charge in [0, 0.05) is 10.2 Å². The van der Waals surface area contributed by atoms with E-state index >= 15 is 0 Å². The molecule has 1 aromatic rings. The van der Waals surface area contributed by atoms with Crippen LogP contribution in [-0.4, -0.2) is 41.0 Å². The zero-order valence-corrected chi connectivity index (χ0v) is 13.5. The van der Waals surface area contributed by atoms with Crippen LogP contribution >= 0.6 is 15.9 Å². The van der Waals surface area contributed by atoms with Crippen LogP contribution in [-0.2, 0) is 9.59 Å². The fourth-order valence-electron chi connectivity index (χ4n) is 2.51. The Morgan fingerprint density at radius 3 is 2.62 bits per heavy atom. The van der Waals surface area contributed by atoms with Gasteiger partial charge in [-0.15, -0.1) is 0 Å². The predicted octanol–water partition coefficient (Wildman–Crippen LogP) is 2.57. The van der Waals surface area contributed by atoms with Crippen molar-refractivity contribution in [3.05, 3.63) is 28.7 Å². The second-order valence-corrected chi connectivity index (χ2v) is 6.24. The molecule has 0 saturated carbocycles. The lowest BCUT2D eigenvalue weighted by Gasteiger charge is -2.33. The molecular weight excluding hydrogens is 336 g/mol. The molecule has 1 saturated heterocycles. The maximum atomic E-state index is 12.3. The number of carbonyl (C=O) groups excluding carboxylic acids is 1. The first-order valence-corrected chi connectivity index (χ1v) is 7.80. The van der Waals surface area contributed by atoms with Gasteiger partial charge in [-0.3, -0.25) is 14.5 Å². The summed E-state index contributed by atoms with van der Waals surface area (Å²) in [6.45, 7) is 3.14. The number of rotatable bonds is 4. The Labute approximate surface area is 132 Å². The molecule has 21 heavy (non-hydrogen) atoms. The molecule has 0 spiro atoms. The standard InChI is InChI=1S/C15H19BrN2O3/c1-10(18-7-5-11(6-8-18)15(20)21)14(19)17-13-4-2-3-12(16)9-13/h2-4,9-11H,5-8H2,1H3,(H,17,19)(H,20,21). The van der Waals surface area contributed by atoms with E-state index in [1.807, 2.05) is 36.1 Å². The van der Waals surface area contributed by atoms with E-state index in [-0.39, 0.29) is 17.9 Å². The molecule has 0 aliphatic carbocycles. The number of piperidine rings is 1. The number of hydrogen-bond donors (Lipinski definition) is 2. The number of benzene rings is 1. The molecule has 1 fully saturated rings. The fraction of sp³-hybridized carbons (Fsp3) is 0.467. The van der Waals surface area contributed by atoms with Crippen molar-refractivity contribution in [2.75, 3.05) is 18.4 Å². The third-order valence-electron chi connectivity index (χ3n) is 3.90. The lowest BCUT2D eigenvalue weighted by Crippen LogP contribution is -2.46. The molecule has 6 heteroatoms. The maximum absolute atomic E-state index is 12.3. The Balaban J connectivity index is 1.90. The van der Waals surface area contributed by atoms with E-state index in [0.29, 0.717) is 25.9 Å². The molecule has 1 unspecified atom stereocenters. The van der Waals surface area contributed by atoms with Gasteiger partial charge in [0.2, 0.25) is 5.91 Å². The lowest BCUT2D eigenvalue weighted by atomic mass is 9.96. The summed E-state index contributed by atoms with van der Waals surface area (Å²) in [4.78, 5) is 25.2. The highest BCUT2D eigenvalue weighted by Gasteiger charge is 2.29. The van der Waals surface area contributed by atoms with Crippen LogP contribution in [0.3, 0.4) is 0 Å². The van der Waals surface area contributed by atoms with Crippen LogP contribution in [0.25, 0.3) is 0 Å². The van der Waals surface area contributed by atoms with Gasteiger partial charge in [0.05, 0.1) is 12.0 Å². The number of hydrogen-bond acceptors (Lipinski definition) is 3. The van der Waals surface area contributed by atoms with Gasteiger partial charge in [0.1, 0.15) is 0 Å². The van der Waals surface area contributed by atoms with Gasteiger partial charge in [-0.05, 0) is 51.1 Å². The quantitative estimate of drug-likeness (QED) is 0.871. The highest BCUT2D eigenvalue weighted by molar-refractivity contribution is 9.10. The van der Waals surface area contributed by atoms with Gasteiger partial charge in [-0.25, -0.2) is 0 Å². The van der Waals surface area contributed by atoms with Gasteiger partial charge in [0.15, 0.2) is 0 Å². The Hall–Kier alpha value is -1.40. The van der Waals surface area contributed by atoms with E-state index in [2.05, 4.69) is 21.2 Å². The van der Waals surface area contributed by atoms with Crippen molar-refractivity contribution < 1.29 is 14.7 Å². The number of carboxylic acid groups (broad SMARTS) is 1. The zero-order chi connectivity index (χ0) is 15.4. The smallest absolute Gasteiger partial charge is 0.306 e. The number of likely N-dealkylation sites (tertiary alicyclic amines) is 1. The van der Waals surface area contributed by atoms with Crippen LogP contribution in [0, 0.1) is 5.92 Å². The molecule has 1 aromatic carbocycles. The summed E-state index contributed by atoms with van der Waals surface area (Å²) in [5, 5.41) is 11.9. The largest absolute Gasteiger partial charge is 0.481 e. The van der Waals surface area contributed by atoms with Gasteiger partial charge >= 0.3 is 5.97 Å². The zero-order valence-electron chi connectivity index (χ0n) is 11.9. The molecular formula is C15H19BrN2O3. The summed E-state index contributed by atoms with van der Waals surface area (Å²) < 4.78 is 0.912. The molecule has 1 aliphatic heterocycles. The van der Waals surface area contributed by atoms with Crippen LogP contribution in [0.2, 0.25) is 0 Å². The average Bonchev–Trinajstić information content (AvgIpc) is 2.46. The Kier molecular flexibility index (Phi) is 5.36. The Morgan fingerprint density at radius 2 is 2.05 bits per heavy atom. The molecule has 1 aliphatic rings. The van der Waals surface area contributed by atoms with Crippen molar-refractivity contribution in [2.24, 2.45) is 5.92 Å². The highest BCUT2D eigenvalue weighted by atomic mass is 79.9. The second kappa shape index (κ2) is 7.04. The molecule has 5 nitrogen and oxygen atoms in total. The Bertz CT molecular complexity index is 527. The summed E-state index contributed by atoms with van der Waals surface area (Å²) >= 11 is 3.37. The third kappa shape index (κ3) is 4.28. The molecule has 0 bridgehead atoms. The number of nitrogens with zero attached hydrogens (tertiary/aromatic N) is 1. The first kappa shape index (κ1) is 16.0. The van der Waals surface area contributed by atoms with E-state index < -0.39 is 5.97 Å². The van der Waals surface area contributed by atoms with Gasteiger partial charge in [0.25, 0.3) is 0 Å². The fourth-order valence-corrected chi connectivity index (χ4v) is 2.91. The van der Waals surface area contributed by atoms with Crippen LogP contribution in [0.4, 0.5) is 5.69 Å². The summed E-state index contributed by atoms with van der Waals surface area (Å²) in [6.07, 6.45) is 1.20. The van der Waals surface area contributed by atoms with Crippen molar-refractivity contribution in [3.63, 3.8) is 0 Å². The highest BCUT2D eigenvalue weighted by Crippen LogP contribution is 2.20. The minimum Gasteiger partial charge on any atom is -0.481 e. The molecule has 114 valence electrons. The molecule has 2 rings (SSSR count). The Morgan fingerprint density at radius 1 is 1.38 bits per heavy atom. The molecule has 1 amide bonds. The SMILES string of the molecule is CC(C(=O)Nc1cccc(Br)c1)N1CCC(C(=O)O)CC1. The molecule has 2 N–H and O–H groups in total. The number of aliphatic carboxylic acids is 1. The lowest BCUT2D eigenvalue weighted by molar-refractivity contribution is -0.143. The van der Waals surface area contributed by atoms with Crippen molar-refractivity contribution in [1.82, 2.24) is 4.90 Å². The topological polar surface area (TPSA) is 69.6 Å². The average molecular weight is 355 g/mol. The van der Waals surface area contributed by atoms with Gasteiger partial charge in [-0.2, -0.15) is 0 Å². The van der Waals surface area contributed by atoms with Crippen LogP contribution in [0.5, 0.6) is 0 Å².